The van der Waals surface area contributed by atoms with E-state index in [-0.39, 0.29) is 15.8 Å². The second-order valence-electron chi connectivity index (χ2n) is 8.74. The smallest absolute Gasteiger partial charge is 0.256 e. The summed E-state index contributed by atoms with van der Waals surface area (Å²) in [6.45, 7) is 3.47. The highest BCUT2D eigenvalue weighted by atomic mass is 32.2. The molecule has 33 heavy (non-hydrogen) atoms. The highest BCUT2D eigenvalue weighted by Gasteiger charge is 2.28. The predicted molar refractivity (Wildman–Crippen MR) is 129 cm³/mol. The monoisotopic (exact) mass is 467 g/mol. The van der Waals surface area contributed by atoms with Gasteiger partial charge in [0.2, 0.25) is 15.5 Å². The van der Waals surface area contributed by atoms with Crippen molar-refractivity contribution in [2.24, 2.45) is 13.0 Å². The summed E-state index contributed by atoms with van der Waals surface area (Å²) in [5.41, 5.74) is 1.20. The van der Waals surface area contributed by atoms with E-state index in [4.69, 9.17) is 0 Å². The average molecular weight is 468 g/mol. The van der Waals surface area contributed by atoms with Gasteiger partial charge in [0.25, 0.3) is 5.91 Å². The summed E-state index contributed by atoms with van der Waals surface area (Å²) in [4.78, 5) is 26.0. The topological polar surface area (TPSA) is 88.5 Å². The number of sulfonamides is 1. The number of pyridine rings is 1. The zero-order valence-corrected chi connectivity index (χ0v) is 19.8. The number of nitrogens with one attached hydrogen (secondary N) is 1. The minimum absolute atomic E-state index is 0.000549. The zero-order valence-electron chi connectivity index (χ0n) is 19.0. The van der Waals surface area contributed by atoms with Gasteiger partial charge in [0.1, 0.15) is 5.56 Å². The summed E-state index contributed by atoms with van der Waals surface area (Å²) in [6, 6.07) is 14.3. The maximum atomic E-state index is 13.2. The van der Waals surface area contributed by atoms with Gasteiger partial charge in [0.15, 0.2) is 0 Å². The molecule has 1 N–H and O–H groups in total. The van der Waals surface area contributed by atoms with Crippen molar-refractivity contribution in [3.05, 3.63) is 76.1 Å². The van der Waals surface area contributed by atoms with Gasteiger partial charge in [0, 0.05) is 38.3 Å². The SMILES string of the molecule is CC1CCN(S(=O)(=O)c2ccc3c(c2)c(=O)c(C(=O)NCCc2ccccc2)cn3C)CC1. The van der Waals surface area contributed by atoms with E-state index in [1.54, 1.807) is 17.7 Å². The maximum absolute atomic E-state index is 13.2. The van der Waals surface area contributed by atoms with E-state index in [2.05, 4.69) is 12.2 Å². The van der Waals surface area contributed by atoms with Gasteiger partial charge in [-0.3, -0.25) is 9.59 Å². The van der Waals surface area contributed by atoms with Crippen molar-refractivity contribution in [2.45, 2.75) is 31.1 Å². The number of amides is 1. The Kier molecular flexibility index (Phi) is 6.67. The molecule has 2 aromatic carbocycles. The summed E-state index contributed by atoms with van der Waals surface area (Å²) in [5, 5.41) is 3.02. The number of aromatic nitrogens is 1. The lowest BCUT2D eigenvalue weighted by Gasteiger charge is -2.29. The molecule has 1 aromatic heterocycles. The fourth-order valence-electron chi connectivity index (χ4n) is 4.23. The molecule has 0 unspecified atom stereocenters. The Morgan fingerprint density at radius 1 is 1.09 bits per heavy atom. The molecule has 3 aromatic rings. The number of benzene rings is 2. The van der Waals surface area contributed by atoms with E-state index < -0.39 is 21.4 Å². The van der Waals surface area contributed by atoms with E-state index >= 15 is 0 Å². The number of rotatable bonds is 6. The molecular formula is C25H29N3O4S. The lowest BCUT2D eigenvalue weighted by molar-refractivity contribution is 0.0952. The molecule has 7 nitrogen and oxygen atoms in total. The lowest BCUT2D eigenvalue weighted by atomic mass is 10.0. The van der Waals surface area contributed by atoms with E-state index in [1.165, 1.54) is 22.6 Å². The summed E-state index contributed by atoms with van der Waals surface area (Å²) in [7, 11) is -1.96. The first-order valence-corrected chi connectivity index (χ1v) is 12.7. The number of hydrogen-bond donors (Lipinski definition) is 1. The number of carbonyl (C=O) groups is 1. The molecule has 1 aliphatic heterocycles. The van der Waals surface area contributed by atoms with Crippen LogP contribution in [0, 0.1) is 5.92 Å². The first-order valence-electron chi connectivity index (χ1n) is 11.2. The van der Waals surface area contributed by atoms with Crippen molar-refractivity contribution in [3.8, 4) is 0 Å². The fourth-order valence-corrected chi connectivity index (χ4v) is 5.72. The second-order valence-corrected chi connectivity index (χ2v) is 10.7. The highest BCUT2D eigenvalue weighted by molar-refractivity contribution is 7.89. The molecular weight excluding hydrogens is 438 g/mol. The molecule has 1 fully saturated rings. The number of aryl methyl sites for hydroxylation is 1. The molecule has 1 aliphatic rings. The lowest BCUT2D eigenvalue weighted by Crippen LogP contribution is -2.38. The van der Waals surface area contributed by atoms with Crippen molar-refractivity contribution < 1.29 is 13.2 Å². The van der Waals surface area contributed by atoms with E-state index in [0.29, 0.717) is 37.5 Å². The van der Waals surface area contributed by atoms with E-state index in [1.807, 2.05) is 30.3 Å². The fraction of sp³-hybridized carbons (Fsp3) is 0.360. The van der Waals surface area contributed by atoms with Crippen LogP contribution < -0.4 is 10.7 Å². The molecule has 1 saturated heterocycles. The quantitative estimate of drug-likeness (QED) is 0.604. The standard InChI is InChI=1S/C25H29N3O4S/c1-18-11-14-28(15-12-18)33(31,32)20-8-9-23-21(16-20)24(29)22(17-27(23)2)25(30)26-13-10-19-6-4-3-5-7-19/h3-9,16-18H,10-15H2,1-2H3,(H,26,30). The summed E-state index contributed by atoms with van der Waals surface area (Å²) >= 11 is 0. The van der Waals surface area contributed by atoms with Gasteiger partial charge in [-0.1, -0.05) is 37.3 Å². The minimum Gasteiger partial charge on any atom is -0.352 e. The van der Waals surface area contributed by atoms with Gasteiger partial charge in [0.05, 0.1) is 10.4 Å². The summed E-state index contributed by atoms with van der Waals surface area (Å²) in [5.74, 6) is 0.0371. The van der Waals surface area contributed by atoms with Crippen LogP contribution in [0.1, 0.15) is 35.7 Å². The van der Waals surface area contributed by atoms with Gasteiger partial charge < -0.3 is 9.88 Å². The van der Waals surface area contributed by atoms with Crippen molar-refractivity contribution in [1.82, 2.24) is 14.2 Å². The largest absolute Gasteiger partial charge is 0.352 e. The van der Waals surface area contributed by atoms with Gasteiger partial charge in [-0.2, -0.15) is 4.31 Å². The third-order valence-corrected chi connectivity index (χ3v) is 8.22. The Bertz CT molecular complexity index is 1330. The molecule has 0 aliphatic carbocycles. The normalized spacial score (nSPS) is 15.6. The van der Waals surface area contributed by atoms with Crippen LogP contribution in [0.3, 0.4) is 0 Å². The number of nitrogens with zero attached hydrogens (tertiary/aromatic N) is 2. The molecule has 8 heteroatoms. The van der Waals surface area contributed by atoms with Crippen LogP contribution in [-0.2, 0) is 23.5 Å². The Labute approximate surface area is 194 Å². The Balaban J connectivity index is 1.61. The van der Waals surface area contributed by atoms with Crippen molar-refractivity contribution in [1.29, 1.82) is 0 Å². The van der Waals surface area contributed by atoms with Gasteiger partial charge in [-0.05, 0) is 48.9 Å². The third-order valence-electron chi connectivity index (χ3n) is 6.33. The summed E-state index contributed by atoms with van der Waals surface area (Å²) < 4.78 is 29.5. The minimum atomic E-state index is -3.70. The molecule has 0 saturated carbocycles. The van der Waals surface area contributed by atoms with Crippen LogP contribution in [0.5, 0.6) is 0 Å². The molecule has 0 radical (unpaired) electrons. The van der Waals surface area contributed by atoms with Gasteiger partial charge >= 0.3 is 0 Å². The van der Waals surface area contributed by atoms with Crippen LogP contribution in [0.2, 0.25) is 0 Å². The maximum Gasteiger partial charge on any atom is 0.256 e. The van der Waals surface area contributed by atoms with Crippen LogP contribution in [0.4, 0.5) is 0 Å². The predicted octanol–water partition coefficient (Wildman–Crippen LogP) is 2.93. The molecule has 0 bridgehead atoms. The van der Waals surface area contributed by atoms with Crippen LogP contribution >= 0.6 is 0 Å². The first kappa shape index (κ1) is 23.2. The third kappa shape index (κ3) is 4.86. The number of carbonyl (C=O) groups excluding carboxylic acids is 1. The van der Waals surface area contributed by atoms with Crippen LogP contribution in [-0.4, -0.2) is 42.8 Å². The molecule has 2 heterocycles. The number of hydrogen-bond acceptors (Lipinski definition) is 4. The van der Waals surface area contributed by atoms with E-state index in [9.17, 15) is 18.0 Å². The van der Waals surface area contributed by atoms with Crippen molar-refractivity contribution >= 4 is 26.8 Å². The molecule has 4 rings (SSSR count). The van der Waals surface area contributed by atoms with E-state index in [0.717, 1.165) is 18.4 Å². The van der Waals surface area contributed by atoms with Crippen molar-refractivity contribution in [3.63, 3.8) is 0 Å². The van der Waals surface area contributed by atoms with Crippen LogP contribution in [0.25, 0.3) is 10.9 Å². The van der Waals surface area contributed by atoms with Crippen molar-refractivity contribution in [2.75, 3.05) is 19.6 Å². The molecule has 0 atom stereocenters. The molecule has 1 amide bonds. The highest BCUT2D eigenvalue weighted by Crippen LogP contribution is 2.25. The van der Waals surface area contributed by atoms with Gasteiger partial charge in [-0.25, -0.2) is 8.42 Å². The average Bonchev–Trinajstić information content (AvgIpc) is 2.82. The Morgan fingerprint density at radius 3 is 2.48 bits per heavy atom. The molecule has 0 spiro atoms. The Hall–Kier alpha value is -2.97. The van der Waals surface area contributed by atoms with Crippen LogP contribution in [0.15, 0.2) is 64.4 Å². The van der Waals surface area contributed by atoms with Gasteiger partial charge in [-0.15, -0.1) is 0 Å². The second kappa shape index (κ2) is 9.49. The number of piperidine rings is 1. The zero-order chi connectivity index (χ0) is 23.6. The first-order chi connectivity index (χ1) is 15.8. The number of fused-ring (bicyclic) bond motifs is 1. The molecule has 174 valence electrons. The Morgan fingerprint density at radius 2 is 1.79 bits per heavy atom. The summed E-state index contributed by atoms with van der Waals surface area (Å²) in [6.07, 6.45) is 3.80.